The third-order valence-electron chi connectivity index (χ3n) is 1.40. The molecule has 1 amide bonds. The van der Waals surface area contributed by atoms with Gasteiger partial charge in [0.1, 0.15) is 6.54 Å². The fourth-order valence-corrected chi connectivity index (χ4v) is 1.51. The van der Waals surface area contributed by atoms with Crippen molar-refractivity contribution in [2.45, 2.75) is 13.5 Å². The molecule has 0 saturated carbocycles. The molecule has 0 spiro atoms. The Labute approximate surface area is 72.2 Å². The fourth-order valence-electron chi connectivity index (χ4n) is 0.775. The maximum absolute atomic E-state index is 11.0. The van der Waals surface area contributed by atoms with Crippen LogP contribution in [0.25, 0.3) is 0 Å². The molecule has 1 rings (SSSR count). The van der Waals surface area contributed by atoms with E-state index in [0.717, 1.165) is 11.3 Å². The molecule has 1 aromatic heterocycles. The summed E-state index contributed by atoms with van der Waals surface area (Å²) in [6.07, 6.45) is 0. The molecule has 0 bridgehead atoms. The Morgan fingerprint density at radius 3 is 2.92 bits per heavy atom. The third-order valence-corrected chi connectivity index (χ3v) is 2.28. The third kappa shape index (κ3) is 1.72. The van der Waals surface area contributed by atoms with Crippen molar-refractivity contribution in [3.8, 4) is 0 Å². The highest BCUT2D eigenvalue weighted by Gasteiger charge is 2.06. The van der Waals surface area contributed by atoms with Gasteiger partial charge in [-0.25, -0.2) is 5.48 Å². The second-order valence-corrected chi connectivity index (χ2v) is 3.08. The Kier molecular flexibility index (Phi) is 2.61. The van der Waals surface area contributed by atoms with Crippen molar-refractivity contribution in [3.05, 3.63) is 20.7 Å². The lowest BCUT2D eigenvalue weighted by molar-refractivity contribution is -0.129. The SMILES string of the molecule is Cc1csc(=O)n1CC(=O)NO. The van der Waals surface area contributed by atoms with E-state index in [4.69, 9.17) is 5.21 Å². The number of aromatic nitrogens is 1. The van der Waals surface area contributed by atoms with Gasteiger partial charge in [-0.3, -0.25) is 19.4 Å². The zero-order chi connectivity index (χ0) is 9.14. The molecule has 1 aromatic rings. The van der Waals surface area contributed by atoms with Gasteiger partial charge in [-0.2, -0.15) is 0 Å². The average Bonchev–Trinajstić information content (AvgIpc) is 2.35. The van der Waals surface area contributed by atoms with Crippen LogP contribution < -0.4 is 10.4 Å². The van der Waals surface area contributed by atoms with E-state index in [2.05, 4.69) is 0 Å². The molecular weight excluding hydrogens is 180 g/mol. The van der Waals surface area contributed by atoms with E-state index in [1.165, 1.54) is 10.0 Å². The number of nitrogens with zero attached hydrogens (tertiary/aromatic N) is 1. The molecular formula is C6H8N2O3S. The Hall–Kier alpha value is -1.14. The van der Waals surface area contributed by atoms with Gasteiger partial charge in [0.15, 0.2) is 0 Å². The minimum Gasteiger partial charge on any atom is -0.294 e. The molecule has 12 heavy (non-hydrogen) atoms. The number of amides is 1. The topological polar surface area (TPSA) is 71.3 Å². The van der Waals surface area contributed by atoms with Crippen LogP contribution in [0.2, 0.25) is 0 Å². The van der Waals surface area contributed by atoms with Crippen LogP contribution in [-0.4, -0.2) is 15.7 Å². The molecule has 66 valence electrons. The van der Waals surface area contributed by atoms with Crippen LogP contribution in [0.3, 0.4) is 0 Å². The normalized spacial score (nSPS) is 9.83. The lowest BCUT2D eigenvalue weighted by Crippen LogP contribution is -2.28. The molecule has 5 nitrogen and oxygen atoms in total. The monoisotopic (exact) mass is 188 g/mol. The quantitative estimate of drug-likeness (QED) is 0.495. The summed E-state index contributed by atoms with van der Waals surface area (Å²) in [7, 11) is 0. The molecule has 6 heteroatoms. The van der Waals surface area contributed by atoms with E-state index in [9.17, 15) is 9.59 Å². The van der Waals surface area contributed by atoms with Gasteiger partial charge in [-0.1, -0.05) is 11.3 Å². The van der Waals surface area contributed by atoms with Gasteiger partial charge < -0.3 is 0 Å². The maximum atomic E-state index is 11.0. The number of thiazole rings is 1. The second kappa shape index (κ2) is 3.51. The van der Waals surface area contributed by atoms with Gasteiger partial charge in [-0.15, -0.1) is 0 Å². The summed E-state index contributed by atoms with van der Waals surface area (Å²) in [5, 5.41) is 9.86. The highest BCUT2D eigenvalue weighted by Crippen LogP contribution is 1.98. The largest absolute Gasteiger partial charge is 0.307 e. The van der Waals surface area contributed by atoms with Gasteiger partial charge in [0.25, 0.3) is 5.91 Å². The van der Waals surface area contributed by atoms with Gasteiger partial charge in [0.2, 0.25) is 0 Å². The summed E-state index contributed by atoms with van der Waals surface area (Å²) in [6, 6.07) is 0. The minimum atomic E-state index is -0.599. The number of hydrogen-bond acceptors (Lipinski definition) is 4. The van der Waals surface area contributed by atoms with Crippen molar-refractivity contribution >= 4 is 17.2 Å². The van der Waals surface area contributed by atoms with Crippen LogP contribution in [0.1, 0.15) is 5.69 Å². The lowest BCUT2D eigenvalue weighted by Gasteiger charge is -2.00. The standard InChI is InChI=1S/C6H8N2O3S/c1-4-3-12-6(10)8(4)2-5(9)7-11/h3,11H,2H2,1H3,(H,7,9). The first kappa shape index (κ1) is 8.95. The van der Waals surface area contributed by atoms with Crippen LogP contribution in [0.15, 0.2) is 10.2 Å². The van der Waals surface area contributed by atoms with Crippen molar-refractivity contribution in [3.63, 3.8) is 0 Å². The summed E-state index contributed by atoms with van der Waals surface area (Å²) < 4.78 is 1.29. The molecule has 0 saturated heterocycles. The van der Waals surface area contributed by atoms with E-state index < -0.39 is 5.91 Å². The predicted molar refractivity (Wildman–Crippen MR) is 43.2 cm³/mol. The number of rotatable bonds is 2. The first-order valence-corrected chi connectivity index (χ1v) is 4.11. The Morgan fingerprint density at radius 1 is 1.83 bits per heavy atom. The highest BCUT2D eigenvalue weighted by molar-refractivity contribution is 7.07. The molecule has 0 radical (unpaired) electrons. The van der Waals surface area contributed by atoms with Crippen molar-refractivity contribution in [1.82, 2.24) is 10.0 Å². The number of carbonyl (C=O) groups excluding carboxylic acids is 1. The molecule has 0 aromatic carbocycles. The maximum Gasteiger partial charge on any atom is 0.307 e. The van der Waals surface area contributed by atoms with Crippen LogP contribution in [0, 0.1) is 6.92 Å². The second-order valence-electron chi connectivity index (χ2n) is 2.26. The highest BCUT2D eigenvalue weighted by atomic mass is 32.1. The van der Waals surface area contributed by atoms with E-state index in [0.29, 0.717) is 5.69 Å². The number of hydroxylamine groups is 1. The average molecular weight is 188 g/mol. The van der Waals surface area contributed by atoms with E-state index in [-0.39, 0.29) is 11.4 Å². The summed E-state index contributed by atoms with van der Waals surface area (Å²) in [5.41, 5.74) is 2.18. The summed E-state index contributed by atoms with van der Waals surface area (Å²) >= 11 is 1.03. The Balaban J connectivity index is 2.88. The zero-order valence-corrected chi connectivity index (χ0v) is 7.22. The van der Waals surface area contributed by atoms with Gasteiger partial charge >= 0.3 is 4.87 Å². The molecule has 0 atom stereocenters. The fraction of sp³-hybridized carbons (Fsp3) is 0.333. The van der Waals surface area contributed by atoms with Gasteiger partial charge in [-0.05, 0) is 6.92 Å². The Bertz CT molecular complexity index is 341. The van der Waals surface area contributed by atoms with Crippen molar-refractivity contribution in [2.24, 2.45) is 0 Å². The van der Waals surface area contributed by atoms with Crippen LogP contribution in [-0.2, 0) is 11.3 Å². The first-order chi connectivity index (χ1) is 5.65. The number of carbonyl (C=O) groups is 1. The predicted octanol–water partition coefficient (Wildman–Crippen LogP) is -0.276. The van der Waals surface area contributed by atoms with E-state index in [1.54, 1.807) is 12.3 Å². The summed E-state index contributed by atoms with van der Waals surface area (Å²) in [5.74, 6) is -0.599. The summed E-state index contributed by atoms with van der Waals surface area (Å²) in [4.78, 5) is 21.5. The van der Waals surface area contributed by atoms with Crippen LogP contribution in [0.5, 0.6) is 0 Å². The molecule has 1 heterocycles. The molecule has 0 aliphatic heterocycles. The zero-order valence-electron chi connectivity index (χ0n) is 6.40. The summed E-state index contributed by atoms with van der Waals surface area (Å²) in [6.45, 7) is 1.59. The molecule has 0 aliphatic rings. The van der Waals surface area contributed by atoms with Crippen LogP contribution >= 0.6 is 11.3 Å². The number of hydrogen-bond donors (Lipinski definition) is 2. The lowest BCUT2D eigenvalue weighted by atomic mass is 10.5. The smallest absolute Gasteiger partial charge is 0.294 e. The molecule has 2 N–H and O–H groups in total. The van der Waals surface area contributed by atoms with Gasteiger partial charge in [0.05, 0.1) is 0 Å². The minimum absolute atomic E-state index is 0.134. The van der Waals surface area contributed by atoms with E-state index >= 15 is 0 Å². The molecule has 0 fully saturated rings. The van der Waals surface area contributed by atoms with Crippen LogP contribution in [0.4, 0.5) is 0 Å². The van der Waals surface area contributed by atoms with E-state index in [1.807, 2.05) is 0 Å². The van der Waals surface area contributed by atoms with Crippen molar-refractivity contribution in [1.29, 1.82) is 0 Å². The number of aryl methyl sites for hydroxylation is 1. The number of nitrogens with one attached hydrogen (secondary N) is 1. The molecule has 0 unspecified atom stereocenters. The van der Waals surface area contributed by atoms with Gasteiger partial charge in [0, 0.05) is 11.1 Å². The molecule has 0 aliphatic carbocycles. The first-order valence-electron chi connectivity index (χ1n) is 3.23. The van der Waals surface area contributed by atoms with Crippen molar-refractivity contribution < 1.29 is 10.0 Å². The van der Waals surface area contributed by atoms with Crippen molar-refractivity contribution in [2.75, 3.05) is 0 Å². The Morgan fingerprint density at radius 2 is 2.50 bits per heavy atom.